The monoisotopic (exact) mass is 523 g/mol. The number of benzene rings is 4. The van der Waals surface area contributed by atoms with Crippen molar-refractivity contribution in [3.05, 3.63) is 124 Å². The lowest BCUT2D eigenvalue weighted by molar-refractivity contribution is -0.385. The Balaban J connectivity index is 1.52. The van der Waals surface area contributed by atoms with E-state index in [1.165, 1.54) is 12.3 Å². The molecule has 8 heteroatoms. The van der Waals surface area contributed by atoms with Gasteiger partial charge in [0, 0.05) is 17.2 Å². The quantitative estimate of drug-likeness (QED) is 0.104. The van der Waals surface area contributed by atoms with Gasteiger partial charge in [0.2, 0.25) is 5.91 Å². The highest BCUT2D eigenvalue weighted by atomic mass is 16.6. The molecule has 0 fully saturated rings. The van der Waals surface area contributed by atoms with Crippen LogP contribution in [-0.2, 0) is 24.2 Å². The molecule has 0 aromatic heterocycles. The van der Waals surface area contributed by atoms with Gasteiger partial charge >= 0.3 is 0 Å². The molecule has 1 amide bonds. The van der Waals surface area contributed by atoms with Gasteiger partial charge in [-0.2, -0.15) is 5.10 Å². The van der Waals surface area contributed by atoms with E-state index in [0.29, 0.717) is 42.3 Å². The number of nitrogens with zero attached hydrogens (tertiary/aromatic N) is 2. The van der Waals surface area contributed by atoms with Crippen molar-refractivity contribution in [1.29, 1.82) is 0 Å². The third kappa shape index (κ3) is 6.87. The van der Waals surface area contributed by atoms with Crippen molar-refractivity contribution < 1.29 is 19.2 Å². The number of para-hydroxylation sites is 1. The second-order valence-corrected chi connectivity index (χ2v) is 8.72. The van der Waals surface area contributed by atoms with Gasteiger partial charge in [0.1, 0.15) is 6.61 Å². The fourth-order valence-corrected chi connectivity index (χ4v) is 4.29. The number of nitrogens with one attached hydrogen (secondary N) is 1. The smallest absolute Gasteiger partial charge is 0.273 e. The molecule has 0 atom stereocenters. The molecule has 0 saturated carbocycles. The highest BCUT2D eigenvalue weighted by molar-refractivity contribution is 5.86. The van der Waals surface area contributed by atoms with Gasteiger partial charge in [0.15, 0.2) is 11.5 Å². The average molecular weight is 524 g/mol. The molecule has 39 heavy (non-hydrogen) atoms. The van der Waals surface area contributed by atoms with Crippen molar-refractivity contribution in [2.24, 2.45) is 5.10 Å². The number of allylic oxidation sites excluding steroid dienone is 1. The second kappa shape index (κ2) is 13.0. The average Bonchev–Trinajstić information content (AvgIpc) is 2.93. The third-order valence-corrected chi connectivity index (χ3v) is 6.01. The van der Waals surface area contributed by atoms with E-state index in [4.69, 9.17) is 9.47 Å². The minimum Gasteiger partial charge on any atom is -0.490 e. The summed E-state index contributed by atoms with van der Waals surface area (Å²) >= 11 is 0. The fourth-order valence-electron chi connectivity index (χ4n) is 4.29. The number of hydrogen-bond donors (Lipinski definition) is 1. The van der Waals surface area contributed by atoms with E-state index in [0.717, 1.165) is 21.9 Å². The Morgan fingerprint density at radius 2 is 1.74 bits per heavy atom. The molecule has 0 radical (unpaired) electrons. The standard InChI is InChI=1S/C31H29N3O5/c1-3-10-25-17-22(20-32-33-30(35)19-24-12-6-8-16-28(24)34(36)37)18-29(38-4-2)31(25)39-21-26-14-9-13-23-11-5-7-15-27(23)26/h3,5-9,11-18,20H,1,4,10,19,21H2,2H3,(H,33,35)/b32-20+. The predicted octanol–water partition coefficient (Wildman–Crippen LogP) is 6.15. The van der Waals surface area contributed by atoms with Crippen molar-refractivity contribution >= 4 is 28.6 Å². The molecule has 1 N–H and O–H groups in total. The van der Waals surface area contributed by atoms with E-state index in [9.17, 15) is 14.9 Å². The largest absolute Gasteiger partial charge is 0.490 e. The zero-order valence-corrected chi connectivity index (χ0v) is 21.6. The summed E-state index contributed by atoms with van der Waals surface area (Å²) in [5.74, 6) is 0.721. The van der Waals surface area contributed by atoms with E-state index in [1.807, 2.05) is 37.3 Å². The van der Waals surface area contributed by atoms with Gasteiger partial charge in [-0.05, 0) is 47.4 Å². The van der Waals surface area contributed by atoms with Crippen LogP contribution < -0.4 is 14.9 Å². The molecule has 0 spiro atoms. The molecule has 0 bridgehead atoms. The predicted molar refractivity (Wildman–Crippen MR) is 152 cm³/mol. The number of nitro groups is 1. The Bertz CT molecular complexity index is 1520. The van der Waals surface area contributed by atoms with E-state index in [1.54, 1.807) is 30.3 Å². The number of fused-ring (bicyclic) bond motifs is 1. The van der Waals surface area contributed by atoms with E-state index < -0.39 is 10.8 Å². The van der Waals surface area contributed by atoms with E-state index >= 15 is 0 Å². The first kappa shape index (κ1) is 27.1. The normalized spacial score (nSPS) is 10.9. The summed E-state index contributed by atoms with van der Waals surface area (Å²) in [6.45, 7) is 6.56. The fraction of sp³-hybridized carbons (Fsp3) is 0.161. The minimum absolute atomic E-state index is 0.105. The number of hydrazone groups is 1. The zero-order valence-electron chi connectivity index (χ0n) is 21.6. The van der Waals surface area contributed by atoms with Crippen molar-refractivity contribution in [3.8, 4) is 11.5 Å². The number of nitro benzene ring substituents is 1. The van der Waals surface area contributed by atoms with Crippen LogP contribution in [0.15, 0.2) is 96.6 Å². The molecule has 4 aromatic rings. The van der Waals surface area contributed by atoms with Crippen LogP contribution in [0.25, 0.3) is 10.8 Å². The van der Waals surface area contributed by atoms with Crippen LogP contribution in [0.5, 0.6) is 11.5 Å². The van der Waals surface area contributed by atoms with Gasteiger partial charge in [0.25, 0.3) is 5.69 Å². The highest BCUT2D eigenvalue weighted by Crippen LogP contribution is 2.35. The molecular formula is C31H29N3O5. The van der Waals surface area contributed by atoms with Gasteiger partial charge < -0.3 is 9.47 Å². The molecule has 0 unspecified atom stereocenters. The molecule has 0 aliphatic heterocycles. The van der Waals surface area contributed by atoms with Gasteiger partial charge in [-0.25, -0.2) is 5.43 Å². The van der Waals surface area contributed by atoms with E-state index in [2.05, 4.69) is 35.3 Å². The molecule has 0 heterocycles. The summed E-state index contributed by atoms with van der Waals surface area (Å²) < 4.78 is 12.2. The van der Waals surface area contributed by atoms with Crippen molar-refractivity contribution in [2.75, 3.05) is 6.61 Å². The summed E-state index contributed by atoms with van der Waals surface area (Å²) in [4.78, 5) is 23.1. The maximum absolute atomic E-state index is 12.4. The second-order valence-electron chi connectivity index (χ2n) is 8.72. The summed E-state index contributed by atoms with van der Waals surface area (Å²) in [7, 11) is 0. The maximum Gasteiger partial charge on any atom is 0.273 e. The molecule has 8 nitrogen and oxygen atoms in total. The van der Waals surface area contributed by atoms with Gasteiger partial charge in [-0.15, -0.1) is 6.58 Å². The topological polar surface area (TPSA) is 103 Å². The molecule has 0 saturated heterocycles. The van der Waals surface area contributed by atoms with Gasteiger partial charge in [0.05, 0.1) is 24.2 Å². The summed E-state index contributed by atoms with van der Waals surface area (Å²) in [5.41, 5.74) is 5.27. The third-order valence-electron chi connectivity index (χ3n) is 6.01. The number of rotatable bonds is 12. The highest BCUT2D eigenvalue weighted by Gasteiger charge is 2.16. The summed E-state index contributed by atoms with van der Waals surface area (Å²) in [6.07, 6.45) is 3.66. The summed E-state index contributed by atoms with van der Waals surface area (Å²) in [6, 6.07) is 24.1. The number of hydrogen-bond acceptors (Lipinski definition) is 6. The first-order chi connectivity index (χ1) is 19.0. The van der Waals surface area contributed by atoms with E-state index in [-0.39, 0.29) is 12.1 Å². The Hall–Kier alpha value is -4.98. The molecule has 198 valence electrons. The van der Waals surface area contributed by atoms with Crippen LogP contribution in [0.1, 0.15) is 29.2 Å². The van der Waals surface area contributed by atoms with Crippen LogP contribution in [0.4, 0.5) is 5.69 Å². The lowest BCUT2D eigenvalue weighted by atomic mass is 10.0. The van der Waals surface area contributed by atoms with Crippen molar-refractivity contribution in [2.45, 2.75) is 26.4 Å². The number of ether oxygens (including phenoxy) is 2. The minimum atomic E-state index is -0.508. The van der Waals surface area contributed by atoms with Crippen molar-refractivity contribution in [1.82, 2.24) is 5.43 Å². The number of carbonyl (C=O) groups is 1. The molecule has 4 rings (SSSR count). The molecule has 4 aromatic carbocycles. The van der Waals surface area contributed by atoms with Crippen LogP contribution in [0, 0.1) is 10.1 Å². The van der Waals surface area contributed by atoms with Crippen LogP contribution in [-0.4, -0.2) is 23.7 Å². The Morgan fingerprint density at radius 1 is 1.00 bits per heavy atom. The lowest BCUT2D eigenvalue weighted by Gasteiger charge is -2.17. The Labute approximate surface area is 226 Å². The van der Waals surface area contributed by atoms with Gasteiger partial charge in [-0.1, -0.05) is 66.7 Å². The molecule has 0 aliphatic carbocycles. The Kier molecular flexibility index (Phi) is 9.03. The first-order valence-electron chi connectivity index (χ1n) is 12.5. The van der Waals surface area contributed by atoms with Gasteiger partial charge in [-0.3, -0.25) is 14.9 Å². The molecule has 0 aliphatic rings. The number of carbonyl (C=O) groups excluding carboxylic acids is 1. The number of amides is 1. The maximum atomic E-state index is 12.4. The lowest BCUT2D eigenvalue weighted by Crippen LogP contribution is -2.20. The Morgan fingerprint density at radius 3 is 2.54 bits per heavy atom. The van der Waals surface area contributed by atoms with Crippen LogP contribution in [0.3, 0.4) is 0 Å². The van der Waals surface area contributed by atoms with Crippen LogP contribution in [0.2, 0.25) is 0 Å². The SMILES string of the molecule is C=CCc1cc(/C=N/NC(=O)Cc2ccccc2[N+](=O)[O-])cc(OCC)c1OCc1cccc2ccccc12. The van der Waals surface area contributed by atoms with Crippen LogP contribution >= 0.6 is 0 Å². The molecular weight excluding hydrogens is 494 g/mol. The first-order valence-corrected chi connectivity index (χ1v) is 12.5. The summed E-state index contributed by atoms with van der Waals surface area (Å²) in [5, 5.41) is 17.5. The zero-order chi connectivity index (χ0) is 27.6. The van der Waals surface area contributed by atoms with Crippen molar-refractivity contribution in [3.63, 3.8) is 0 Å².